The van der Waals surface area contributed by atoms with Gasteiger partial charge in [-0.2, -0.15) is 0 Å². The molecule has 11 heavy (non-hydrogen) atoms. The first kappa shape index (κ1) is 12.2. The summed E-state index contributed by atoms with van der Waals surface area (Å²) in [5.41, 5.74) is 11.3. The van der Waals surface area contributed by atoms with Crippen LogP contribution in [0.3, 0.4) is 0 Å². The van der Waals surface area contributed by atoms with Gasteiger partial charge in [0.15, 0.2) is 0 Å². The summed E-state index contributed by atoms with van der Waals surface area (Å²) in [5.74, 6) is 0. The van der Waals surface area contributed by atoms with Crippen LogP contribution in [0.25, 0.3) is 0 Å². The molecule has 1 saturated carbocycles. The van der Waals surface area contributed by atoms with E-state index < -0.39 is 16.5 Å². The van der Waals surface area contributed by atoms with Gasteiger partial charge in [0, 0.05) is 12.1 Å². The molecular weight excluding hydrogens is 366 g/mol. The Labute approximate surface area is 84.4 Å². The molecule has 0 radical (unpaired) electrons. The zero-order valence-electron chi connectivity index (χ0n) is 6.21. The van der Waals surface area contributed by atoms with Gasteiger partial charge in [0.25, 0.3) is 0 Å². The van der Waals surface area contributed by atoms with Crippen molar-refractivity contribution in [3.8, 4) is 0 Å². The van der Waals surface area contributed by atoms with E-state index in [1.165, 1.54) is 0 Å². The van der Waals surface area contributed by atoms with Crippen LogP contribution in [0.4, 0.5) is 0 Å². The number of nitrogens with two attached hydrogens (primary N) is 2. The summed E-state index contributed by atoms with van der Waals surface area (Å²) in [6.07, 6.45) is 4.50. The molecule has 5 heteroatoms. The molecule has 0 aromatic rings. The van der Waals surface area contributed by atoms with E-state index in [0.717, 1.165) is 25.7 Å². The molecule has 0 aromatic carbocycles. The van der Waals surface area contributed by atoms with Crippen LogP contribution in [0.1, 0.15) is 25.7 Å². The van der Waals surface area contributed by atoms with E-state index in [-0.39, 0.29) is 0 Å². The molecule has 1 fully saturated rings. The fraction of sp³-hybridized carbons (Fsp3) is 1.00. The van der Waals surface area contributed by atoms with Gasteiger partial charge in [0.1, 0.15) is 0 Å². The predicted octanol–water partition coefficient (Wildman–Crippen LogP) is 1.59. The zero-order valence-corrected chi connectivity index (χ0v) is 9.99. The van der Waals surface area contributed by atoms with Gasteiger partial charge in [0.2, 0.25) is 0 Å². The van der Waals surface area contributed by atoms with Crippen LogP contribution < -0.4 is 11.5 Å². The molecule has 0 aromatic heterocycles. The minimum atomic E-state index is -0.472. The summed E-state index contributed by atoms with van der Waals surface area (Å²) >= 11 is -0.472. The Hall–Kier alpha value is 1.19. The van der Waals surface area contributed by atoms with E-state index >= 15 is 0 Å². The summed E-state index contributed by atoms with van der Waals surface area (Å²) in [6.45, 7) is 0. The zero-order chi connectivity index (χ0) is 8.69. The van der Waals surface area contributed by atoms with Crippen LogP contribution in [0.15, 0.2) is 0 Å². The molecule has 4 N–H and O–H groups in total. The third kappa shape index (κ3) is 7.55. The molecule has 0 amide bonds. The van der Waals surface area contributed by atoms with E-state index in [0.29, 0.717) is 12.1 Å². The third-order valence-electron chi connectivity index (χ3n) is 1.82. The van der Waals surface area contributed by atoms with Gasteiger partial charge in [-0.3, -0.25) is 0 Å². The molecule has 1 rings (SSSR count). The molecule has 0 unspecified atom stereocenters. The molecule has 72 valence electrons. The van der Waals surface area contributed by atoms with Crippen LogP contribution >= 0.6 is 18.8 Å². The van der Waals surface area contributed by atoms with Crippen LogP contribution in [-0.4, -0.2) is 12.1 Å². The second kappa shape index (κ2) is 7.82. The Morgan fingerprint density at radius 3 is 1.27 bits per heavy atom. The first-order valence-corrected chi connectivity index (χ1v) is 9.17. The Kier molecular flexibility index (Phi) is 8.66. The van der Waals surface area contributed by atoms with Crippen molar-refractivity contribution in [1.29, 1.82) is 0 Å². The molecule has 0 aliphatic heterocycles. The first-order chi connectivity index (χ1) is 5.20. The Morgan fingerprint density at radius 1 is 0.909 bits per heavy atom. The Balaban J connectivity index is 0.000000292. The summed E-state index contributed by atoms with van der Waals surface area (Å²) in [4.78, 5) is 0. The molecule has 2 nitrogen and oxygen atoms in total. The van der Waals surface area contributed by atoms with Gasteiger partial charge in [-0.1, -0.05) is 0 Å². The van der Waals surface area contributed by atoms with Crippen molar-refractivity contribution in [1.82, 2.24) is 0 Å². The van der Waals surface area contributed by atoms with Crippen molar-refractivity contribution < 1.29 is 16.5 Å². The van der Waals surface area contributed by atoms with Crippen molar-refractivity contribution in [2.24, 2.45) is 11.5 Å². The number of halogens is 2. The standard InChI is InChI=1S/C6H14N2.2ClH.Pt/c7-5-1-2-6(8)4-3-5;;;/h5-6H,1-4,7-8H2;2*1H;/q;;;+2/p-2/t5-,6+;;;. The van der Waals surface area contributed by atoms with Gasteiger partial charge in [-0.05, 0) is 25.7 Å². The van der Waals surface area contributed by atoms with Crippen LogP contribution in [-0.2, 0) is 16.5 Å². The topological polar surface area (TPSA) is 52.0 Å². The summed E-state index contributed by atoms with van der Waals surface area (Å²) in [5, 5.41) is 0. The van der Waals surface area contributed by atoms with E-state index in [1.54, 1.807) is 0 Å². The molecule has 0 atom stereocenters. The van der Waals surface area contributed by atoms with Crippen molar-refractivity contribution in [3.05, 3.63) is 0 Å². The van der Waals surface area contributed by atoms with Crippen molar-refractivity contribution in [2.75, 3.05) is 0 Å². The van der Waals surface area contributed by atoms with Crippen LogP contribution in [0, 0.1) is 0 Å². The van der Waals surface area contributed by atoms with E-state index in [9.17, 15) is 0 Å². The molecular formula is C6H14Cl2N2Pt. The molecule has 1 aliphatic rings. The number of hydrogen-bond acceptors (Lipinski definition) is 2. The van der Waals surface area contributed by atoms with Gasteiger partial charge in [-0.25, -0.2) is 0 Å². The molecule has 1 aliphatic carbocycles. The summed E-state index contributed by atoms with van der Waals surface area (Å²) in [6, 6.07) is 0.879. The molecule has 0 spiro atoms. The molecule has 0 saturated heterocycles. The first-order valence-electron chi connectivity index (χ1n) is 3.54. The maximum absolute atomic E-state index is 5.64. The Morgan fingerprint density at radius 2 is 1.09 bits per heavy atom. The van der Waals surface area contributed by atoms with Crippen molar-refractivity contribution in [2.45, 2.75) is 37.8 Å². The Bertz CT molecular complexity index is 76.7. The van der Waals surface area contributed by atoms with Crippen LogP contribution in [0.2, 0.25) is 0 Å². The normalized spacial score (nSPS) is 30.9. The SMILES string of the molecule is N[C@H]1CC[C@@H](N)CC1.[Cl][Pt][Cl]. The monoisotopic (exact) mass is 379 g/mol. The van der Waals surface area contributed by atoms with Gasteiger partial charge in [-0.15, -0.1) is 0 Å². The second-order valence-electron chi connectivity index (χ2n) is 2.72. The predicted molar refractivity (Wildman–Crippen MR) is 46.1 cm³/mol. The van der Waals surface area contributed by atoms with Crippen molar-refractivity contribution >= 4 is 18.8 Å². The van der Waals surface area contributed by atoms with E-state index in [2.05, 4.69) is 0 Å². The quantitative estimate of drug-likeness (QED) is 0.671. The van der Waals surface area contributed by atoms with E-state index in [4.69, 9.17) is 30.3 Å². The third-order valence-corrected chi connectivity index (χ3v) is 1.82. The maximum atomic E-state index is 5.64. The van der Waals surface area contributed by atoms with Gasteiger partial charge >= 0.3 is 35.3 Å². The second-order valence-corrected chi connectivity index (χ2v) is 6.00. The summed E-state index contributed by atoms with van der Waals surface area (Å²) < 4.78 is 0. The average molecular weight is 380 g/mol. The van der Waals surface area contributed by atoms with E-state index in [1.807, 2.05) is 0 Å². The number of rotatable bonds is 0. The fourth-order valence-electron chi connectivity index (χ4n) is 1.14. The van der Waals surface area contributed by atoms with Crippen molar-refractivity contribution in [3.63, 3.8) is 0 Å². The molecule has 0 bridgehead atoms. The fourth-order valence-corrected chi connectivity index (χ4v) is 1.14. The minimum absolute atomic E-state index is 0.440. The van der Waals surface area contributed by atoms with Crippen LogP contribution in [0.5, 0.6) is 0 Å². The molecule has 0 heterocycles. The number of hydrogen-bond donors (Lipinski definition) is 2. The van der Waals surface area contributed by atoms with Gasteiger partial charge < -0.3 is 11.5 Å². The summed E-state index contributed by atoms with van der Waals surface area (Å²) in [7, 11) is 9.75. The average Bonchev–Trinajstić information content (AvgIpc) is 1.97. The van der Waals surface area contributed by atoms with Gasteiger partial charge in [0.05, 0.1) is 0 Å².